The maximum Gasteiger partial charge on any atom is 0.325 e. The van der Waals surface area contributed by atoms with Gasteiger partial charge in [-0.15, -0.1) is 0 Å². The van der Waals surface area contributed by atoms with Crippen LogP contribution >= 0.6 is 22.6 Å². The van der Waals surface area contributed by atoms with E-state index in [1.807, 2.05) is 12.1 Å². The Hall–Kier alpha value is -1.31. The molecule has 0 fully saturated rings. The third-order valence-electron chi connectivity index (χ3n) is 1.84. The molecule has 0 aromatic heterocycles. The van der Waals surface area contributed by atoms with Crippen LogP contribution in [-0.4, -0.2) is 32.1 Å². The summed E-state index contributed by atoms with van der Waals surface area (Å²) in [5.41, 5.74) is 0. The van der Waals surface area contributed by atoms with Crippen molar-refractivity contribution in [1.82, 2.24) is 5.32 Å². The van der Waals surface area contributed by atoms with Crippen LogP contribution in [0.5, 0.6) is 5.75 Å². The number of benzene rings is 1. The van der Waals surface area contributed by atoms with E-state index in [1.54, 1.807) is 12.1 Å². The molecule has 17 heavy (non-hydrogen) atoms. The molecule has 1 rings (SSSR count). The van der Waals surface area contributed by atoms with Gasteiger partial charge in [0.1, 0.15) is 12.3 Å². The van der Waals surface area contributed by atoms with Gasteiger partial charge in [0.25, 0.3) is 5.91 Å². The first-order valence-corrected chi connectivity index (χ1v) is 5.91. The lowest BCUT2D eigenvalue weighted by atomic mass is 10.3. The number of rotatable bonds is 5. The van der Waals surface area contributed by atoms with Crippen molar-refractivity contribution in [2.75, 3.05) is 20.3 Å². The minimum Gasteiger partial charge on any atom is -0.484 e. The lowest BCUT2D eigenvalue weighted by Crippen LogP contribution is -2.33. The Bertz CT molecular complexity index is 391. The van der Waals surface area contributed by atoms with Gasteiger partial charge in [0.2, 0.25) is 0 Å². The lowest BCUT2D eigenvalue weighted by molar-refractivity contribution is -0.141. The molecule has 0 unspecified atom stereocenters. The lowest BCUT2D eigenvalue weighted by Gasteiger charge is -2.06. The Balaban J connectivity index is 2.28. The Kier molecular flexibility index (Phi) is 5.75. The van der Waals surface area contributed by atoms with Gasteiger partial charge in [-0.3, -0.25) is 9.59 Å². The number of methoxy groups -OCH3 is 1. The zero-order valence-electron chi connectivity index (χ0n) is 9.23. The summed E-state index contributed by atoms with van der Waals surface area (Å²) in [6.07, 6.45) is 0. The first kappa shape index (κ1) is 13.8. The van der Waals surface area contributed by atoms with Crippen LogP contribution in [0.1, 0.15) is 0 Å². The van der Waals surface area contributed by atoms with E-state index in [4.69, 9.17) is 4.74 Å². The number of amides is 1. The summed E-state index contributed by atoms with van der Waals surface area (Å²) >= 11 is 2.18. The fourth-order valence-electron chi connectivity index (χ4n) is 0.974. The summed E-state index contributed by atoms with van der Waals surface area (Å²) in [5.74, 6) is -0.250. The van der Waals surface area contributed by atoms with Crippen molar-refractivity contribution >= 4 is 34.5 Å². The summed E-state index contributed by atoms with van der Waals surface area (Å²) < 4.78 is 10.7. The summed E-state index contributed by atoms with van der Waals surface area (Å²) in [4.78, 5) is 22.0. The normalized spacial score (nSPS) is 9.53. The van der Waals surface area contributed by atoms with Crippen molar-refractivity contribution < 1.29 is 19.1 Å². The molecule has 0 bridgehead atoms. The van der Waals surface area contributed by atoms with Crippen LogP contribution in [0.15, 0.2) is 24.3 Å². The molecule has 0 spiro atoms. The number of hydrogen-bond acceptors (Lipinski definition) is 4. The molecule has 1 aromatic rings. The number of nitrogens with one attached hydrogen (secondary N) is 1. The Morgan fingerprint density at radius 2 is 1.94 bits per heavy atom. The van der Waals surface area contributed by atoms with Crippen LogP contribution < -0.4 is 10.1 Å². The van der Waals surface area contributed by atoms with Crippen molar-refractivity contribution in [3.63, 3.8) is 0 Å². The minimum atomic E-state index is -0.493. The van der Waals surface area contributed by atoms with Gasteiger partial charge in [-0.05, 0) is 46.9 Å². The van der Waals surface area contributed by atoms with E-state index in [0.717, 1.165) is 3.57 Å². The smallest absolute Gasteiger partial charge is 0.325 e. The van der Waals surface area contributed by atoms with Gasteiger partial charge >= 0.3 is 5.97 Å². The molecule has 5 nitrogen and oxygen atoms in total. The Labute approximate surface area is 113 Å². The fraction of sp³-hybridized carbons (Fsp3) is 0.273. The van der Waals surface area contributed by atoms with Gasteiger partial charge in [0.05, 0.1) is 7.11 Å². The molecule has 0 saturated carbocycles. The molecular formula is C11H12INO4. The molecule has 0 aliphatic rings. The molecule has 0 heterocycles. The quantitative estimate of drug-likeness (QED) is 0.635. The first-order valence-electron chi connectivity index (χ1n) is 4.83. The second kappa shape index (κ2) is 7.10. The predicted molar refractivity (Wildman–Crippen MR) is 69.7 cm³/mol. The van der Waals surface area contributed by atoms with Gasteiger partial charge in [0.15, 0.2) is 6.61 Å². The summed E-state index contributed by atoms with van der Waals surface area (Å²) in [7, 11) is 1.26. The van der Waals surface area contributed by atoms with Crippen LogP contribution in [0.2, 0.25) is 0 Å². The highest BCUT2D eigenvalue weighted by Gasteiger charge is 2.05. The number of ether oxygens (including phenoxy) is 2. The van der Waals surface area contributed by atoms with Gasteiger partial charge in [-0.1, -0.05) is 0 Å². The molecule has 1 aromatic carbocycles. The Morgan fingerprint density at radius 1 is 1.29 bits per heavy atom. The number of esters is 1. The third-order valence-corrected chi connectivity index (χ3v) is 2.56. The van der Waals surface area contributed by atoms with Gasteiger partial charge in [-0.25, -0.2) is 0 Å². The largest absolute Gasteiger partial charge is 0.484 e. The fourth-order valence-corrected chi connectivity index (χ4v) is 1.33. The van der Waals surface area contributed by atoms with E-state index >= 15 is 0 Å². The van der Waals surface area contributed by atoms with Crippen LogP contribution in [0.25, 0.3) is 0 Å². The van der Waals surface area contributed by atoms with Crippen molar-refractivity contribution in [3.05, 3.63) is 27.8 Å². The minimum absolute atomic E-state index is 0.127. The molecule has 1 amide bonds. The SMILES string of the molecule is COC(=O)CNC(=O)COc1ccc(I)cc1. The van der Waals surface area contributed by atoms with E-state index in [1.165, 1.54) is 7.11 Å². The molecule has 0 radical (unpaired) electrons. The molecule has 92 valence electrons. The third kappa shape index (κ3) is 5.53. The molecule has 0 aliphatic heterocycles. The van der Waals surface area contributed by atoms with E-state index in [-0.39, 0.29) is 19.1 Å². The van der Waals surface area contributed by atoms with Gasteiger partial charge < -0.3 is 14.8 Å². The van der Waals surface area contributed by atoms with E-state index in [2.05, 4.69) is 32.6 Å². The summed E-state index contributed by atoms with van der Waals surface area (Å²) in [5, 5.41) is 2.38. The molecule has 0 atom stereocenters. The van der Waals surface area contributed by atoms with Crippen LogP contribution in [0.4, 0.5) is 0 Å². The topological polar surface area (TPSA) is 64.6 Å². The molecule has 0 saturated heterocycles. The highest BCUT2D eigenvalue weighted by atomic mass is 127. The maximum absolute atomic E-state index is 11.3. The highest BCUT2D eigenvalue weighted by Crippen LogP contribution is 2.12. The average Bonchev–Trinajstić information content (AvgIpc) is 2.35. The zero-order valence-corrected chi connectivity index (χ0v) is 11.4. The van der Waals surface area contributed by atoms with E-state index in [0.29, 0.717) is 5.75 Å². The monoisotopic (exact) mass is 349 g/mol. The van der Waals surface area contributed by atoms with Crippen molar-refractivity contribution in [2.45, 2.75) is 0 Å². The second-order valence-electron chi connectivity index (χ2n) is 3.10. The van der Waals surface area contributed by atoms with Gasteiger partial charge in [-0.2, -0.15) is 0 Å². The second-order valence-corrected chi connectivity index (χ2v) is 4.34. The van der Waals surface area contributed by atoms with Crippen molar-refractivity contribution in [1.29, 1.82) is 0 Å². The molecular weight excluding hydrogens is 337 g/mol. The molecule has 0 aliphatic carbocycles. The summed E-state index contributed by atoms with van der Waals surface area (Å²) in [6.45, 7) is -0.275. The van der Waals surface area contributed by atoms with Crippen LogP contribution in [0.3, 0.4) is 0 Å². The number of carbonyl (C=O) groups is 2. The average molecular weight is 349 g/mol. The van der Waals surface area contributed by atoms with Crippen molar-refractivity contribution in [3.8, 4) is 5.75 Å². The molecule has 1 N–H and O–H groups in total. The van der Waals surface area contributed by atoms with Crippen LogP contribution in [0, 0.1) is 3.57 Å². The van der Waals surface area contributed by atoms with E-state index < -0.39 is 5.97 Å². The highest BCUT2D eigenvalue weighted by molar-refractivity contribution is 14.1. The number of carbonyl (C=O) groups excluding carboxylic acids is 2. The predicted octanol–water partition coefficient (Wildman–Crippen LogP) is 0.959. The van der Waals surface area contributed by atoms with Crippen molar-refractivity contribution in [2.24, 2.45) is 0 Å². The Morgan fingerprint density at radius 3 is 2.53 bits per heavy atom. The first-order chi connectivity index (χ1) is 8.11. The number of halogens is 1. The molecule has 6 heteroatoms. The van der Waals surface area contributed by atoms with Crippen LogP contribution in [-0.2, 0) is 14.3 Å². The van der Waals surface area contributed by atoms with Gasteiger partial charge in [0, 0.05) is 3.57 Å². The maximum atomic E-state index is 11.3. The van der Waals surface area contributed by atoms with E-state index in [9.17, 15) is 9.59 Å². The standard InChI is InChI=1S/C11H12INO4/c1-16-11(15)6-13-10(14)7-17-9-4-2-8(12)3-5-9/h2-5H,6-7H2,1H3,(H,13,14). The zero-order chi connectivity index (χ0) is 12.7. The number of hydrogen-bond donors (Lipinski definition) is 1. The summed E-state index contributed by atoms with van der Waals surface area (Å²) in [6, 6.07) is 7.30.